The Labute approximate surface area is 110 Å². The van der Waals surface area contributed by atoms with Crippen LogP contribution in [0.3, 0.4) is 0 Å². The molecule has 17 heavy (non-hydrogen) atoms. The van der Waals surface area contributed by atoms with E-state index in [4.69, 9.17) is 0 Å². The van der Waals surface area contributed by atoms with Gasteiger partial charge in [-0.05, 0) is 35.2 Å². The van der Waals surface area contributed by atoms with Crippen LogP contribution < -0.4 is 0 Å². The van der Waals surface area contributed by atoms with E-state index in [0.29, 0.717) is 29.6 Å². The molecule has 0 fully saturated rings. The minimum Gasteiger partial charge on any atom is -0.382 e. The standard InChI is InChI=1S/C12H19BrN2O2/c1-4-7-15-10(9(13)8-14-15)11(16)12(17,5-2)6-3/h8,17H,4-7H2,1-3H3. The van der Waals surface area contributed by atoms with Gasteiger partial charge in [0.15, 0.2) is 0 Å². The summed E-state index contributed by atoms with van der Waals surface area (Å²) in [7, 11) is 0. The van der Waals surface area contributed by atoms with Crippen molar-refractivity contribution in [3.63, 3.8) is 0 Å². The number of carbonyl (C=O) groups excluding carboxylic acids is 1. The van der Waals surface area contributed by atoms with Crippen molar-refractivity contribution in [1.29, 1.82) is 0 Å². The maximum Gasteiger partial charge on any atom is 0.213 e. The minimum absolute atomic E-state index is 0.250. The third-order valence-electron chi connectivity index (χ3n) is 3.04. The van der Waals surface area contributed by atoms with E-state index in [0.717, 1.165) is 6.42 Å². The molecule has 0 spiro atoms. The van der Waals surface area contributed by atoms with E-state index in [1.807, 2.05) is 20.8 Å². The number of aliphatic hydroxyl groups is 1. The van der Waals surface area contributed by atoms with E-state index >= 15 is 0 Å². The monoisotopic (exact) mass is 302 g/mol. The van der Waals surface area contributed by atoms with Crippen LogP contribution in [0.5, 0.6) is 0 Å². The Morgan fingerprint density at radius 1 is 1.47 bits per heavy atom. The molecular formula is C12H19BrN2O2. The molecule has 96 valence electrons. The van der Waals surface area contributed by atoms with Crippen LogP contribution in [0.2, 0.25) is 0 Å². The molecule has 0 bridgehead atoms. The molecule has 0 atom stereocenters. The zero-order chi connectivity index (χ0) is 13.1. The van der Waals surface area contributed by atoms with Gasteiger partial charge < -0.3 is 5.11 Å². The lowest BCUT2D eigenvalue weighted by Gasteiger charge is -2.23. The summed E-state index contributed by atoms with van der Waals surface area (Å²) < 4.78 is 2.30. The van der Waals surface area contributed by atoms with E-state index in [9.17, 15) is 9.90 Å². The quantitative estimate of drug-likeness (QED) is 0.822. The van der Waals surface area contributed by atoms with Gasteiger partial charge in [0.1, 0.15) is 11.3 Å². The van der Waals surface area contributed by atoms with Crippen LogP contribution in [0.15, 0.2) is 10.7 Å². The normalized spacial score (nSPS) is 11.8. The van der Waals surface area contributed by atoms with Gasteiger partial charge in [-0.3, -0.25) is 9.48 Å². The van der Waals surface area contributed by atoms with E-state index in [1.165, 1.54) is 0 Å². The van der Waals surface area contributed by atoms with Crippen LogP contribution in [-0.2, 0) is 6.54 Å². The Balaban J connectivity index is 3.15. The summed E-state index contributed by atoms with van der Waals surface area (Å²) in [5.74, 6) is -0.250. The summed E-state index contributed by atoms with van der Waals surface area (Å²) in [6, 6.07) is 0. The first kappa shape index (κ1) is 14.4. The van der Waals surface area contributed by atoms with E-state index < -0.39 is 5.60 Å². The zero-order valence-electron chi connectivity index (χ0n) is 10.5. The van der Waals surface area contributed by atoms with E-state index in [-0.39, 0.29) is 5.78 Å². The Hall–Kier alpha value is -0.680. The lowest BCUT2D eigenvalue weighted by molar-refractivity contribution is 0.0266. The van der Waals surface area contributed by atoms with Gasteiger partial charge in [0.25, 0.3) is 0 Å². The van der Waals surface area contributed by atoms with Gasteiger partial charge in [0.2, 0.25) is 5.78 Å². The molecule has 0 saturated heterocycles. The molecular weight excluding hydrogens is 284 g/mol. The number of nitrogens with zero attached hydrogens (tertiary/aromatic N) is 2. The summed E-state index contributed by atoms with van der Waals surface area (Å²) >= 11 is 3.32. The van der Waals surface area contributed by atoms with Gasteiger partial charge in [0, 0.05) is 6.54 Å². The molecule has 0 aromatic carbocycles. The minimum atomic E-state index is -1.28. The largest absolute Gasteiger partial charge is 0.382 e. The maximum absolute atomic E-state index is 12.4. The van der Waals surface area contributed by atoms with Crippen molar-refractivity contribution >= 4 is 21.7 Å². The predicted octanol–water partition coefficient (Wildman–Crippen LogP) is 2.79. The molecule has 1 aromatic rings. The van der Waals surface area contributed by atoms with Crippen molar-refractivity contribution in [2.45, 2.75) is 52.2 Å². The van der Waals surface area contributed by atoms with Crippen molar-refractivity contribution in [1.82, 2.24) is 9.78 Å². The van der Waals surface area contributed by atoms with Crippen molar-refractivity contribution in [3.8, 4) is 0 Å². The van der Waals surface area contributed by atoms with Gasteiger partial charge in [-0.1, -0.05) is 20.8 Å². The predicted molar refractivity (Wildman–Crippen MR) is 70.1 cm³/mol. The molecule has 0 aliphatic rings. The van der Waals surface area contributed by atoms with E-state index in [1.54, 1.807) is 10.9 Å². The Bertz CT molecular complexity index is 397. The molecule has 0 radical (unpaired) electrons. The maximum atomic E-state index is 12.4. The number of rotatable bonds is 6. The highest BCUT2D eigenvalue weighted by Gasteiger charge is 2.36. The number of hydrogen-bond donors (Lipinski definition) is 1. The summed E-state index contributed by atoms with van der Waals surface area (Å²) in [6.45, 7) is 6.33. The molecule has 0 amide bonds. The molecule has 0 saturated carbocycles. The molecule has 0 unspecified atom stereocenters. The summed E-state index contributed by atoms with van der Waals surface area (Å²) in [5, 5.41) is 14.4. The molecule has 4 nitrogen and oxygen atoms in total. The van der Waals surface area contributed by atoms with Crippen LogP contribution in [0.1, 0.15) is 50.5 Å². The molecule has 0 aliphatic heterocycles. The second-order valence-electron chi connectivity index (χ2n) is 4.13. The fourth-order valence-corrected chi connectivity index (χ4v) is 2.24. The van der Waals surface area contributed by atoms with Crippen molar-refractivity contribution in [3.05, 3.63) is 16.4 Å². The summed E-state index contributed by atoms with van der Waals surface area (Å²) in [4.78, 5) is 12.4. The first-order chi connectivity index (χ1) is 8.00. The lowest BCUT2D eigenvalue weighted by Crippen LogP contribution is -2.38. The first-order valence-electron chi connectivity index (χ1n) is 5.98. The zero-order valence-corrected chi connectivity index (χ0v) is 12.1. The first-order valence-corrected chi connectivity index (χ1v) is 6.77. The third kappa shape index (κ3) is 2.77. The molecule has 1 N–H and O–H groups in total. The number of aromatic nitrogens is 2. The molecule has 5 heteroatoms. The highest BCUT2D eigenvalue weighted by atomic mass is 79.9. The Kier molecular flexibility index (Phi) is 4.89. The van der Waals surface area contributed by atoms with Crippen LogP contribution in [0, 0.1) is 0 Å². The fourth-order valence-electron chi connectivity index (χ4n) is 1.76. The second kappa shape index (κ2) is 5.78. The van der Waals surface area contributed by atoms with Gasteiger partial charge in [-0.25, -0.2) is 0 Å². The number of aryl methyl sites for hydroxylation is 1. The van der Waals surface area contributed by atoms with Crippen LogP contribution in [-0.4, -0.2) is 26.3 Å². The van der Waals surface area contributed by atoms with Gasteiger partial charge in [-0.2, -0.15) is 5.10 Å². The number of Topliss-reactive ketones (excluding diaryl/α,β-unsaturated/α-hetero) is 1. The van der Waals surface area contributed by atoms with Crippen molar-refractivity contribution in [2.24, 2.45) is 0 Å². The van der Waals surface area contributed by atoms with Crippen LogP contribution >= 0.6 is 15.9 Å². The average Bonchev–Trinajstić information content (AvgIpc) is 2.69. The number of carbonyl (C=O) groups is 1. The van der Waals surface area contributed by atoms with Crippen molar-refractivity contribution in [2.75, 3.05) is 0 Å². The topological polar surface area (TPSA) is 55.1 Å². The second-order valence-corrected chi connectivity index (χ2v) is 4.99. The number of ketones is 1. The van der Waals surface area contributed by atoms with Crippen molar-refractivity contribution < 1.29 is 9.90 Å². The molecule has 1 rings (SSSR count). The highest BCUT2D eigenvalue weighted by molar-refractivity contribution is 9.10. The summed E-state index contributed by atoms with van der Waals surface area (Å²) in [5.41, 5.74) is -0.813. The molecule has 1 heterocycles. The lowest BCUT2D eigenvalue weighted by atomic mass is 9.90. The smallest absolute Gasteiger partial charge is 0.213 e. The third-order valence-corrected chi connectivity index (χ3v) is 3.62. The number of halogens is 1. The van der Waals surface area contributed by atoms with Crippen LogP contribution in [0.25, 0.3) is 0 Å². The van der Waals surface area contributed by atoms with Gasteiger partial charge in [0.05, 0.1) is 10.7 Å². The van der Waals surface area contributed by atoms with Gasteiger partial charge >= 0.3 is 0 Å². The van der Waals surface area contributed by atoms with Gasteiger partial charge in [-0.15, -0.1) is 0 Å². The van der Waals surface area contributed by atoms with E-state index in [2.05, 4.69) is 21.0 Å². The Morgan fingerprint density at radius 3 is 2.53 bits per heavy atom. The highest BCUT2D eigenvalue weighted by Crippen LogP contribution is 2.26. The molecule has 1 aromatic heterocycles. The SMILES string of the molecule is CCCn1ncc(Br)c1C(=O)C(O)(CC)CC. The number of hydrogen-bond acceptors (Lipinski definition) is 3. The Morgan fingerprint density at radius 2 is 2.06 bits per heavy atom. The van der Waals surface area contributed by atoms with Crippen LogP contribution in [0.4, 0.5) is 0 Å². The average molecular weight is 303 g/mol. The molecule has 0 aliphatic carbocycles. The summed E-state index contributed by atoms with van der Waals surface area (Å²) in [6.07, 6.45) is 3.32. The fraction of sp³-hybridized carbons (Fsp3) is 0.667.